The van der Waals surface area contributed by atoms with Crippen molar-refractivity contribution >= 4 is 5.78 Å². The Bertz CT molecular complexity index is 560. The molecule has 4 aliphatic rings. The summed E-state index contributed by atoms with van der Waals surface area (Å²) in [4.78, 5) is 16.8. The molecule has 2 nitrogen and oxygen atoms in total. The fraction of sp³-hybridized carbons (Fsp3) is 0.684. The van der Waals surface area contributed by atoms with Gasteiger partial charge in [0.15, 0.2) is 5.78 Å². The minimum absolute atomic E-state index is 0.274. The summed E-state index contributed by atoms with van der Waals surface area (Å²) in [5, 5.41) is 0. The fourth-order valence-corrected chi connectivity index (χ4v) is 6.85. The van der Waals surface area contributed by atoms with E-state index in [-0.39, 0.29) is 5.41 Å². The van der Waals surface area contributed by atoms with Crippen LogP contribution in [0.5, 0.6) is 0 Å². The highest BCUT2D eigenvalue weighted by atomic mass is 16.1. The largest absolute Gasteiger partial charge is 0.294 e. The molecule has 112 valence electrons. The minimum atomic E-state index is 0.274. The predicted octanol–water partition coefficient (Wildman–Crippen LogP) is 4.65. The number of nitrogens with zero attached hydrogens (tertiary/aromatic N) is 1. The summed E-state index contributed by atoms with van der Waals surface area (Å²) < 4.78 is 0. The van der Waals surface area contributed by atoms with E-state index in [1.807, 2.05) is 12.1 Å². The summed E-state index contributed by atoms with van der Waals surface area (Å²) in [7, 11) is 0. The van der Waals surface area contributed by atoms with Gasteiger partial charge in [0.25, 0.3) is 0 Å². The zero-order valence-corrected chi connectivity index (χ0v) is 13.2. The number of carbonyl (C=O) groups is 1. The number of rotatable bonds is 3. The first-order chi connectivity index (χ1) is 9.90. The number of Topliss-reactive ketones (excluding diaryl/α,β-unsaturated/α-hetero) is 1. The summed E-state index contributed by atoms with van der Waals surface area (Å²) in [5.74, 6) is 1.16. The van der Waals surface area contributed by atoms with Crippen LogP contribution in [0.25, 0.3) is 0 Å². The lowest BCUT2D eigenvalue weighted by Crippen LogP contribution is -2.55. The number of hydrogen-bond acceptors (Lipinski definition) is 2. The fourth-order valence-electron chi connectivity index (χ4n) is 6.85. The number of aromatic nitrogens is 1. The van der Waals surface area contributed by atoms with E-state index in [1.165, 1.54) is 38.5 Å². The maximum Gasteiger partial charge on any atom is 0.164 e. The number of carbonyl (C=O) groups excluding carboxylic acids is 1. The Hall–Kier alpha value is -1.18. The van der Waals surface area contributed by atoms with E-state index >= 15 is 0 Å². The third-order valence-electron chi connectivity index (χ3n) is 6.26. The number of pyridine rings is 1. The molecule has 0 N–H and O–H groups in total. The van der Waals surface area contributed by atoms with Crippen molar-refractivity contribution < 1.29 is 4.79 Å². The van der Waals surface area contributed by atoms with Gasteiger partial charge in [-0.15, -0.1) is 0 Å². The van der Waals surface area contributed by atoms with Crippen LogP contribution < -0.4 is 0 Å². The molecule has 0 radical (unpaired) electrons. The molecular weight excluding hydrogens is 258 g/mol. The molecule has 0 amide bonds. The van der Waals surface area contributed by atoms with Gasteiger partial charge in [-0.2, -0.15) is 0 Å². The summed E-state index contributed by atoms with van der Waals surface area (Å²) in [5.41, 5.74) is 2.05. The van der Waals surface area contributed by atoms with Crippen LogP contribution in [0, 0.1) is 22.2 Å². The SMILES string of the molecule is CC12CC3CC(C)(C1)CC(CC(=O)c1cccnc1)(C3)C2. The van der Waals surface area contributed by atoms with Crippen LogP contribution in [0.4, 0.5) is 0 Å². The first kappa shape index (κ1) is 13.5. The topological polar surface area (TPSA) is 30.0 Å². The van der Waals surface area contributed by atoms with Gasteiger partial charge in [0.2, 0.25) is 0 Å². The van der Waals surface area contributed by atoms with Gasteiger partial charge in [0.05, 0.1) is 0 Å². The second-order valence-corrected chi connectivity index (χ2v) is 8.97. The number of hydrogen-bond donors (Lipinski definition) is 0. The molecule has 0 aliphatic heterocycles. The van der Waals surface area contributed by atoms with E-state index < -0.39 is 0 Å². The van der Waals surface area contributed by atoms with Crippen molar-refractivity contribution in [3.63, 3.8) is 0 Å². The summed E-state index contributed by atoms with van der Waals surface area (Å²) in [6.07, 6.45) is 12.2. The average molecular weight is 283 g/mol. The third-order valence-corrected chi connectivity index (χ3v) is 6.26. The molecule has 1 heterocycles. The molecule has 0 saturated heterocycles. The van der Waals surface area contributed by atoms with Crippen LogP contribution in [-0.4, -0.2) is 10.8 Å². The van der Waals surface area contributed by atoms with Gasteiger partial charge in [-0.25, -0.2) is 0 Å². The molecule has 4 saturated carbocycles. The Kier molecular flexibility index (Phi) is 2.68. The zero-order valence-electron chi connectivity index (χ0n) is 13.2. The summed E-state index contributed by atoms with van der Waals surface area (Å²) >= 11 is 0. The van der Waals surface area contributed by atoms with Crippen LogP contribution in [0.3, 0.4) is 0 Å². The zero-order chi connectivity index (χ0) is 14.7. The van der Waals surface area contributed by atoms with E-state index in [9.17, 15) is 4.79 Å². The second kappa shape index (κ2) is 4.18. The summed E-state index contributed by atoms with van der Waals surface area (Å²) in [6, 6.07) is 3.79. The lowest BCUT2D eigenvalue weighted by atomic mass is 9.39. The van der Waals surface area contributed by atoms with Crippen molar-refractivity contribution in [3.8, 4) is 0 Å². The maximum absolute atomic E-state index is 12.7. The van der Waals surface area contributed by atoms with Gasteiger partial charge in [0, 0.05) is 24.4 Å². The van der Waals surface area contributed by atoms with Crippen LogP contribution >= 0.6 is 0 Å². The smallest absolute Gasteiger partial charge is 0.164 e. The quantitative estimate of drug-likeness (QED) is 0.756. The van der Waals surface area contributed by atoms with Crippen molar-refractivity contribution in [2.24, 2.45) is 22.2 Å². The minimum Gasteiger partial charge on any atom is -0.294 e. The van der Waals surface area contributed by atoms with Crippen LogP contribution in [0.1, 0.15) is 69.2 Å². The third kappa shape index (κ3) is 2.23. The Balaban J connectivity index is 1.61. The molecule has 4 fully saturated rings. The van der Waals surface area contributed by atoms with Gasteiger partial charge in [-0.05, 0) is 72.8 Å². The average Bonchev–Trinajstić information content (AvgIpc) is 2.34. The first-order valence-corrected chi connectivity index (χ1v) is 8.33. The summed E-state index contributed by atoms with van der Waals surface area (Å²) in [6.45, 7) is 4.94. The highest BCUT2D eigenvalue weighted by Gasteiger charge is 2.60. The Morgan fingerprint density at radius 3 is 2.48 bits per heavy atom. The molecule has 0 spiro atoms. The standard InChI is InChI=1S/C19H25NO/c1-17-6-14-7-18(2,11-17)13-19(8-14,12-17)9-16(21)15-4-3-5-20-10-15/h3-5,10,14H,6-9,11-13H2,1-2H3. The van der Waals surface area contributed by atoms with Crippen LogP contribution in [0.2, 0.25) is 0 Å². The molecule has 4 bridgehead atoms. The van der Waals surface area contributed by atoms with E-state index in [0.29, 0.717) is 16.6 Å². The lowest BCUT2D eigenvalue weighted by molar-refractivity contribution is -0.143. The van der Waals surface area contributed by atoms with Crippen molar-refractivity contribution in [1.82, 2.24) is 4.98 Å². The van der Waals surface area contributed by atoms with Gasteiger partial charge in [0.1, 0.15) is 0 Å². The van der Waals surface area contributed by atoms with Crippen molar-refractivity contribution in [1.29, 1.82) is 0 Å². The van der Waals surface area contributed by atoms with Gasteiger partial charge in [-0.1, -0.05) is 13.8 Å². The van der Waals surface area contributed by atoms with Crippen molar-refractivity contribution in [2.45, 2.75) is 58.8 Å². The Morgan fingerprint density at radius 1 is 1.19 bits per heavy atom. The monoisotopic (exact) mass is 283 g/mol. The van der Waals surface area contributed by atoms with Crippen LogP contribution in [-0.2, 0) is 0 Å². The molecule has 21 heavy (non-hydrogen) atoms. The van der Waals surface area contributed by atoms with Crippen molar-refractivity contribution in [2.75, 3.05) is 0 Å². The molecule has 2 atom stereocenters. The molecule has 5 rings (SSSR count). The maximum atomic E-state index is 12.7. The normalized spacial score (nSPS) is 44.0. The van der Waals surface area contributed by atoms with Gasteiger partial charge < -0.3 is 0 Å². The molecule has 1 aromatic heterocycles. The molecular formula is C19H25NO. The lowest BCUT2D eigenvalue weighted by Gasteiger charge is -2.65. The first-order valence-electron chi connectivity index (χ1n) is 8.33. The van der Waals surface area contributed by atoms with E-state index in [4.69, 9.17) is 0 Å². The molecule has 2 unspecified atom stereocenters. The Labute approximate surface area is 127 Å². The van der Waals surface area contributed by atoms with Gasteiger partial charge in [-0.3, -0.25) is 9.78 Å². The molecule has 0 aromatic carbocycles. The predicted molar refractivity (Wildman–Crippen MR) is 83.0 cm³/mol. The molecule has 1 aromatic rings. The second-order valence-electron chi connectivity index (χ2n) is 8.97. The number of ketones is 1. The van der Waals surface area contributed by atoms with Gasteiger partial charge >= 0.3 is 0 Å². The van der Waals surface area contributed by atoms with E-state index in [0.717, 1.165) is 17.9 Å². The van der Waals surface area contributed by atoms with E-state index in [2.05, 4.69) is 18.8 Å². The highest BCUT2D eigenvalue weighted by Crippen LogP contribution is 2.70. The molecule has 2 heteroatoms. The van der Waals surface area contributed by atoms with Crippen LogP contribution in [0.15, 0.2) is 24.5 Å². The van der Waals surface area contributed by atoms with Crippen molar-refractivity contribution in [3.05, 3.63) is 30.1 Å². The molecule has 4 aliphatic carbocycles. The van der Waals surface area contributed by atoms with E-state index in [1.54, 1.807) is 12.4 Å². The highest BCUT2D eigenvalue weighted by molar-refractivity contribution is 5.96. The Morgan fingerprint density at radius 2 is 1.90 bits per heavy atom.